The number of ether oxygens (including phenoxy) is 2. The topological polar surface area (TPSA) is 59.0 Å². The summed E-state index contributed by atoms with van der Waals surface area (Å²) in [7, 11) is 0. The summed E-state index contributed by atoms with van der Waals surface area (Å²) < 4.78 is 10.7. The third-order valence-electron chi connectivity index (χ3n) is 3.01. The number of likely N-dealkylation sites (tertiary alicyclic amines) is 1. The van der Waals surface area contributed by atoms with Crippen molar-refractivity contribution < 1.29 is 19.4 Å². The van der Waals surface area contributed by atoms with Crippen LogP contribution < -0.4 is 9.47 Å². The van der Waals surface area contributed by atoms with Crippen LogP contribution in [0.4, 0.5) is 0 Å². The molecule has 1 aromatic rings. The van der Waals surface area contributed by atoms with E-state index in [0.717, 1.165) is 5.75 Å². The van der Waals surface area contributed by atoms with Gasteiger partial charge in [-0.15, -0.1) is 0 Å². The first-order chi connectivity index (χ1) is 9.19. The van der Waals surface area contributed by atoms with Crippen LogP contribution in [0, 0.1) is 0 Å². The monoisotopic (exact) mass is 265 g/mol. The van der Waals surface area contributed by atoms with E-state index in [1.54, 1.807) is 17.0 Å². The smallest absolute Gasteiger partial charge is 0.260 e. The predicted octanol–water partition coefficient (Wildman–Crippen LogP) is 1.06. The Morgan fingerprint density at radius 2 is 1.95 bits per heavy atom. The third-order valence-corrected chi connectivity index (χ3v) is 3.01. The summed E-state index contributed by atoms with van der Waals surface area (Å²) in [6.07, 6.45) is 0.254. The van der Waals surface area contributed by atoms with Crippen LogP contribution in [0.1, 0.15) is 13.3 Å². The summed E-state index contributed by atoms with van der Waals surface area (Å²) >= 11 is 0. The maximum Gasteiger partial charge on any atom is 0.260 e. The van der Waals surface area contributed by atoms with Gasteiger partial charge in [0.05, 0.1) is 12.7 Å². The van der Waals surface area contributed by atoms with Gasteiger partial charge in [-0.25, -0.2) is 0 Å². The highest BCUT2D eigenvalue weighted by Crippen LogP contribution is 2.18. The maximum absolute atomic E-state index is 11.8. The van der Waals surface area contributed by atoms with Crippen LogP contribution in [0.5, 0.6) is 11.5 Å². The molecule has 0 aliphatic carbocycles. The van der Waals surface area contributed by atoms with Gasteiger partial charge in [0, 0.05) is 13.1 Å². The van der Waals surface area contributed by atoms with Crippen molar-refractivity contribution in [2.45, 2.75) is 19.4 Å². The van der Waals surface area contributed by atoms with Crippen LogP contribution in [0.2, 0.25) is 0 Å². The lowest BCUT2D eigenvalue weighted by atomic mass is 10.3. The summed E-state index contributed by atoms with van der Waals surface area (Å²) in [5, 5.41) is 9.37. The van der Waals surface area contributed by atoms with Crippen LogP contribution >= 0.6 is 0 Å². The molecule has 0 bridgehead atoms. The van der Waals surface area contributed by atoms with Crippen molar-refractivity contribution in [2.75, 3.05) is 26.3 Å². The molecule has 0 spiro atoms. The lowest BCUT2D eigenvalue weighted by Crippen LogP contribution is -2.33. The van der Waals surface area contributed by atoms with Crippen LogP contribution in [0.3, 0.4) is 0 Å². The molecule has 0 aromatic heterocycles. The molecule has 1 fully saturated rings. The van der Waals surface area contributed by atoms with Crippen LogP contribution in [-0.4, -0.2) is 48.3 Å². The molecule has 1 N–H and O–H groups in total. The van der Waals surface area contributed by atoms with Crippen LogP contribution in [-0.2, 0) is 4.79 Å². The molecular weight excluding hydrogens is 246 g/mol. The molecule has 0 radical (unpaired) electrons. The zero-order valence-corrected chi connectivity index (χ0v) is 11.0. The van der Waals surface area contributed by atoms with E-state index >= 15 is 0 Å². The molecule has 0 unspecified atom stereocenters. The van der Waals surface area contributed by atoms with Gasteiger partial charge < -0.3 is 19.5 Å². The predicted molar refractivity (Wildman–Crippen MR) is 70.3 cm³/mol. The minimum atomic E-state index is -0.394. The van der Waals surface area contributed by atoms with E-state index in [1.165, 1.54) is 0 Å². The molecule has 1 aliphatic rings. The van der Waals surface area contributed by atoms with Crippen molar-refractivity contribution in [1.82, 2.24) is 4.90 Å². The Labute approximate surface area is 112 Å². The fourth-order valence-electron chi connectivity index (χ4n) is 2.00. The number of nitrogens with zero attached hydrogens (tertiary/aromatic N) is 1. The standard InChI is InChI=1S/C14H19NO4/c1-2-18-12-3-5-13(6-4-12)19-10-14(17)15-8-7-11(16)9-15/h3-6,11,16H,2,7-10H2,1H3/t11-/m1/s1. The zero-order valence-electron chi connectivity index (χ0n) is 11.0. The van der Waals surface area contributed by atoms with E-state index in [9.17, 15) is 9.90 Å². The second kappa shape index (κ2) is 6.43. The van der Waals surface area contributed by atoms with Gasteiger partial charge >= 0.3 is 0 Å². The number of aliphatic hydroxyl groups excluding tert-OH is 1. The molecule has 1 amide bonds. The molecule has 2 rings (SSSR count). The van der Waals surface area contributed by atoms with Gasteiger partial charge in [0.15, 0.2) is 6.61 Å². The lowest BCUT2D eigenvalue weighted by Gasteiger charge is -2.15. The van der Waals surface area contributed by atoms with E-state index < -0.39 is 6.10 Å². The van der Waals surface area contributed by atoms with Gasteiger partial charge in [-0.2, -0.15) is 0 Å². The largest absolute Gasteiger partial charge is 0.494 e. The second-order valence-electron chi connectivity index (χ2n) is 4.48. The fourth-order valence-corrected chi connectivity index (χ4v) is 2.00. The molecule has 1 atom stereocenters. The zero-order chi connectivity index (χ0) is 13.7. The molecule has 104 valence electrons. The highest BCUT2D eigenvalue weighted by Gasteiger charge is 2.24. The first kappa shape index (κ1) is 13.7. The average molecular weight is 265 g/mol. The molecule has 0 saturated carbocycles. The summed E-state index contributed by atoms with van der Waals surface area (Å²) in [6, 6.07) is 7.17. The van der Waals surface area contributed by atoms with Crippen molar-refractivity contribution in [2.24, 2.45) is 0 Å². The normalized spacial score (nSPS) is 18.4. The van der Waals surface area contributed by atoms with Gasteiger partial charge in [-0.05, 0) is 37.6 Å². The van der Waals surface area contributed by atoms with Crippen molar-refractivity contribution in [3.63, 3.8) is 0 Å². The highest BCUT2D eigenvalue weighted by molar-refractivity contribution is 5.78. The third kappa shape index (κ3) is 3.86. The lowest BCUT2D eigenvalue weighted by molar-refractivity contribution is -0.132. The molecule has 5 nitrogen and oxygen atoms in total. The summed E-state index contributed by atoms with van der Waals surface area (Å²) in [5.41, 5.74) is 0. The number of hydrogen-bond acceptors (Lipinski definition) is 4. The van der Waals surface area contributed by atoms with Crippen LogP contribution in [0.15, 0.2) is 24.3 Å². The first-order valence-electron chi connectivity index (χ1n) is 6.50. The molecule has 1 aromatic carbocycles. The van der Waals surface area contributed by atoms with Crippen molar-refractivity contribution in [1.29, 1.82) is 0 Å². The molecule has 1 heterocycles. The Morgan fingerprint density at radius 3 is 2.47 bits per heavy atom. The Balaban J connectivity index is 1.80. The number of rotatable bonds is 5. The summed E-state index contributed by atoms with van der Waals surface area (Å²) in [5.74, 6) is 1.32. The Hall–Kier alpha value is -1.75. The summed E-state index contributed by atoms with van der Waals surface area (Å²) in [6.45, 7) is 3.56. The van der Waals surface area contributed by atoms with Crippen molar-refractivity contribution >= 4 is 5.91 Å². The van der Waals surface area contributed by atoms with Gasteiger partial charge in [-0.3, -0.25) is 4.79 Å². The number of aliphatic hydroxyl groups is 1. The number of hydrogen-bond donors (Lipinski definition) is 1. The maximum atomic E-state index is 11.8. The fraction of sp³-hybridized carbons (Fsp3) is 0.500. The van der Waals surface area contributed by atoms with Gasteiger partial charge in [0.25, 0.3) is 5.91 Å². The van der Waals surface area contributed by atoms with Gasteiger partial charge in [0.1, 0.15) is 11.5 Å². The second-order valence-corrected chi connectivity index (χ2v) is 4.48. The van der Waals surface area contributed by atoms with Crippen molar-refractivity contribution in [3.8, 4) is 11.5 Å². The summed E-state index contributed by atoms with van der Waals surface area (Å²) in [4.78, 5) is 13.4. The Morgan fingerprint density at radius 1 is 1.32 bits per heavy atom. The number of β-amino-alcohol motifs (C(OH)–C–C–N with tert-alkyl or cyclic N) is 1. The average Bonchev–Trinajstić information content (AvgIpc) is 2.85. The number of benzene rings is 1. The molecule has 19 heavy (non-hydrogen) atoms. The van der Waals surface area contributed by atoms with Gasteiger partial charge in [-0.1, -0.05) is 0 Å². The number of amides is 1. The number of carbonyl (C=O) groups excluding carboxylic acids is 1. The minimum Gasteiger partial charge on any atom is -0.494 e. The quantitative estimate of drug-likeness (QED) is 0.864. The molecular formula is C14H19NO4. The first-order valence-corrected chi connectivity index (χ1v) is 6.50. The van der Waals surface area contributed by atoms with Crippen molar-refractivity contribution in [3.05, 3.63) is 24.3 Å². The number of carbonyl (C=O) groups is 1. The molecule has 5 heteroatoms. The van der Waals surface area contributed by atoms with Crippen LogP contribution in [0.25, 0.3) is 0 Å². The minimum absolute atomic E-state index is 0.000696. The van der Waals surface area contributed by atoms with Gasteiger partial charge in [0.2, 0.25) is 0 Å². The van der Waals surface area contributed by atoms with E-state index in [-0.39, 0.29) is 12.5 Å². The van der Waals surface area contributed by atoms with E-state index in [2.05, 4.69) is 0 Å². The Kier molecular flexibility index (Phi) is 4.63. The highest BCUT2D eigenvalue weighted by atomic mass is 16.5. The van der Waals surface area contributed by atoms with E-state index in [1.807, 2.05) is 19.1 Å². The van der Waals surface area contributed by atoms with E-state index in [0.29, 0.717) is 31.9 Å². The Bertz CT molecular complexity index is 418. The van der Waals surface area contributed by atoms with E-state index in [4.69, 9.17) is 9.47 Å². The SMILES string of the molecule is CCOc1ccc(OCC(=O)N2CC[C@@H](O)C2)cc1. The molecule has 1 aliphatic heterocycles. The molecule has 1 saturated heterocycles.